The third-order valence-electron chi connectivity index (χ3n) is 4.16. The van der Waals surface area contributed by atoms with Crippen LogP contribution in [0.25, 0.3) is 0 Å². The fourth-order valence-electron chi connectivity index (χ4n) is 2.77. The molecule has 1 aliphatic rings. The third kappa shape index (κ3) is 5.45. The summed E-state index contributed by atoms with van der Waals surface area (Å²) in [5.41, 5.74) is 1.25. The van der Waals surface area contributed by atoms with Crippen LogP contribution in [-0.4, -0.2) is 48.2 Å². The molecule has 1 N–H and O–H groups in total. The molecule has 5 nitrogen and oxygen atoms in total. The summed E-state index contributed by atoms with van der Waals surface area (Å²) in [5.74, 6) is 1.000. The topological polar surface area (TPSA) is 49.8 Å². The monoisotopic (exact) mass is 352 g/mol. The second-order valence-electron chi connectivity index (χ2n) is 7.19. The van der Waals surface area contributed by atoms with Crippen LogP contribution in [0.4, 0.5) is 0 Å². The Morgan fingerprint density at radius 1 is 1.38 bits per heavy atom. The standard InChI is InChI=1S/C18H32N4OS/c1-6-19-17(22-10-8-14(9-11-22)23-7-2)20-12-16-21-15(13-24-16)18(3,4)5/h13-14H,6-12H2,1-5H3,(H,19,20). The van der Waals surface area contributed by atoms with Gasteiger partial charge in [-0.05, 0) is 26.7 Å². The Morgan fingerprint density at radius 3 is 2.62 bits per heavy atom. The van der Waals surface area contributed by atoms with Crippen molar-refractivity contribution in [3.63, 3.8) is 0 Å². The van der Waals surface area contributed by atoms with E-state index in [1.54, 1.807) is 11.3 Å². The highest BCUT2D eigenvalue weighted by Crippen LogP contribution is 2.24. The number of hydrogen-bond acceptors (Lipinski definition) is 4. The lowest BCUT2D eigenvalue weighted by Gasteiger charge is -2.34. The van der Waals surface area contributed by atoms with Gasteiger partial charge < -0.3 is 15.0 Å². The lowest BCUT2D eigenvalue weighted by atomic mass is 9.93. The maximum atomic E-state index is 5.74. The Morgan fingerprint density at radius 2 is 2.08 bits per heavy atom. The van der Waals surface area contributed by atoms with Gasteiger partial charge in [-0.3, -0.25) is 0 Å². The van der Waals surface area contributed by atoms with Crippen LogP contribution in [0, 0.1) is 0 Å². The predicted octanol–water partition coefficient (Wildman–Crippen LogP) is 3.41. The van der Waals surface area contributed by atoms with Gasteiger partial charge in [-0.1, -0.05) is 20.8 Å². The lowest BCUT2D eigenvalue weighted by molar-refractivity contribution is 0.0263. The van der Waals surface area contributed by atoms with Crippen molar-refractivity contribution < 1.29 is 4.74 Å². The van der Waals surface area contributed by atoms with Crippen molar-refractivity contribution in [1.82, 2.24) is 15.2 Å². The van der Waals surface area contributed by atoms with Crippen LogP contribution < -0.4 is 5.32 Å². The van der Waals surface area contributed by atoms with E-state index in [1.165, 1.54) is 0 Å². The minimum Gasteiger partial charge on any atom is -0.378 e. The molecule has 0 aromatic carbocycles. The highest BCUT2D eigenvalue weighted by molar-refractivity contribution is 7.09. The van der Waals surface area contributed by atoms with Crippen molar-refractivity contribution in [3.8, 4) is 0 Å². The van der Waals surface area contributed by atoms with E-state index in [2.05, 4.69) is 50.2 Å². The molecule has 2 heterocycles. The Hall–Kier alpha value is -1.14. The average molecular weight is 353 g/mol. The minimum atomic E-state index is 0.101. The highest BCUT2D eigenvalue weighted by Gasteiger charge is 2.22. The molecule has 0 radical (unpaired) electrons. The minimum absolute atomic E-state index is 0.101. The van der Waals surface area contributed by atoms with Gasteiger partial charge in [0, 0.05) is 37.0 Å². The number of aromatic nitrogens is 1. The van der Waals surface area contributed by atoms with Crippen LogP contribution in [0.3, 0.4) is 0 Å². The molecule has 0 unspecified atom stereocenters. The molecule has 2 rings (SSSR count). The third-order valence-corrected chi connectivity index (χ3v) is 5.00. The van der Waals surface area contributed by atoms with E-state index in [0.29, 0.717) is 12.6 Å². The van der Waals surface area contributed by atoms with Gasteiger partial charge in [-0.25, -0.2) is 9.98 Å². The van der Waals surface area contributed by atoms with E-state index in [1.807, 2.05) is 0 Å². The molecule has 24 heavy (non-hydrogen) atoms. The highest BCUT2D eigenvalue weighted by atomic mass is 32.1. The van der Waals surface area contributed by atoms with Crippen molar-refractivity contribution in [2.24, 2.45) is 4.99 Å². The number of thiazole rings is 1. The van der Waals surface area contributed by atoms with Crippen LogP contribution in [0.1, 0.15) is 58.2 Å². The second-order valence-corrected chi connectivity index (χ2v) is 8.13. The molecule has 6 heteroatoms. The molecular formula is C18H32N4OS. The van der Waals surface area contributed by atoms with Gasteiger partial charge in [-0.15, -0.1) is 11.3 Å². The summed E-state index contributed by atoms with van der Waals surface area (Å²) in [5, 5.41) is 6.66. The molecule has 1 aromatic heterocycles. The first-order valence-electron chi connectivity index (χ1n) is 9.03. The van der Waals surface area contributed by atoms with Gasteiger partial charge in [0.25, 0.3) is 0 Å². The zero-order chi connectivity index (χ0) is 17.6. The Labute approximate surface area is 150 Å². The number of guanidine groups is 1. The molecule has 1 aliphatic heterocycles. The summed E-state index contributed by atoms with van der Waals surface area (Å²) < 4.78 is 5.74. The van der Waals surface area contributed by atoms with Gasteiger partial charge in [0.05, 0.1) is 18.3 Å². The SMILES string of the molecule is CCNC(=NCc1nc(C(C)(C)C)cs1)N1CCC(OCC)CC1. The lowest BCUT2D eigenvalue weighted by Crippen LogP contribution is -2.47. The zero-order valence-electron chi connectivity index (χ0n) is 15.8. The first-order chi connectivity index (χ1) is 11.4. The summed E-state index contributed by atoms with van der Waals surface area (Å²) in [4.78, 5) is 11.9. The van der Waals surface area contributed by atoms with Gasteiger partial charge >= 0.3 is 0 Å². The maximum absolute atomic E-state index is 5.74. The number of ether oxygens (including phenoxy) is 1. The van der Waals surface area contributed by atoms with Crippen LogP contribution in [-0.2, 0) is 16.7 Å². The molecular weight excluding hydrogens is 320 g/mol. The fraction of sp³-hybridized carbons (Fsp3) is 0.778. The number of hydrogen-bond donors (Lipinski definition) is 1. The van der Waals surface area contributed by atoms with Crippen molar-refractivity contribution >= 4 is 17.3 Å². The fourth-order valence-corrected chi connectivity index (χ4v) is 3.71. The molecule has 0 amide bonds. The molecule has 1 aromatic rings. The van der Waals surface area contributed by atoms with E-state index >= 15 is 0 Å². The normalized spacial score (nSPS) is 17.4. The molecule has 0 saturated carbocycles. The van der Waals surface area contributed by atoms with Crippen molar-refractivity contribution in [3.05, 3.63) is 16.1 Å². The van der Waals surface area contributed by atoms with Crippen LogP contribution >= 0.6 is 11.3 Å². The summed E-state index contributed by atoms with van der Waals surface area (Å²) in [7, 11) is 0. The quantitative estimate of drug-likeness (QED) is 0.652. The number of rotatable bonds is 5. The molecule has 1 saturated heterocycles. The number of piperidine rings is 1. The summed E-state index contributed by atoms with van der Waals surface area (Å²) in [6.07, 6.45) is 2.55. The molecule has 1 fully saturated rings. The molecule has 136 valence electrons. The van der Waals surface area contributed by atoms with Gasteiger partial charge in [0.2, 0.25) is 0 Å². The largest absolute Gasteiger partial charge is 0.378 e. The predicted molar refractivity (Wildman–Crippen MR) is 102 cm³/mol. The van der Waals surface area contributed by atoms with E-state index in [-0.39, 0.29) is 5.41 Å². The van der Waals surface area contributed by atoms with Crippen LogP contribution in [0.5, 0.6) is 0 Å². The smallest absolute Gasteiger partial charge is 0.194 e. The average Bonchev–Trinajstić information content (AvgIpc) is 3.02. The Balaban J connectivity index is 1.97. The summed E-state index contributed by atoms with van der Waals surface area (Å²) in [6, 6.07) is 0. The second kappa shape index (κ2) is 8.81. The summed E-state index contributed by atoms with van der Waals surface area (Å²) >= 11 is 1.71. The van der Waals surface area contributed by atoms with Crippen molar-refractivity contribution in [2.75, 3.05) is 26.2 Å². The molecule has 0 atom stereocenters. The number of nitrogens with one attached hydrogen (secondary N) is 1. The van der Waals surface area contributed by atoms with E-state index in [4.69, 9.17) is 14.7 Å². The van der Waals surface area contributed by atoms with Crippen LogP contribution in [0.2, 0.25) is 0 Å². The Bertz CT molecular complexity index is 527. The number of likely N-dealkylation sites (tertiary alicyclic amines) is 1. The summed E-state index contributed by atoms with van der Waals surface area (Å²) in [6.45, 7) is 15.1. The Kier molecular flexibility index (Phi) is 7.04. The van der Waals surface area contributed by atoms with Gasteiger partial charge in [0.15, 0.2) is 5.96 Å². The van der Waals surface area contributed by atoms with Gasteiger partial charge in [0.1, 0.15) is 5.01 Å². The van der Waals surface area contributed by atoms with E-state index in [9.17, 15) is 0 Å². The number of aliphatic imine (C=N–C) groups is 1. The van der Waals surface area contributed by atoms with Gasteiger partial charge in [-0.2, -0.15) is 0 Å². The zero-order valence-corrected chi connectivity index (χ0v) is 16.6. The molecule has 0 bridgehead atoms. The first-order valence-corrected chi connectivity index (χ1v) is 9.91. The van der Waals surface area contributed by atoms with Crippen molar-refractivity contribution in [1.29, 1.82) is 0 Å². The molecule has 0 spiro atoms. The number of nitrogens with zero attached hydrogens (tertiary/aromatic N) is 3. The first kappa shape index (κ1) is 19.2. The molecule has 0 aliphatic carbocycles. The maximum Gasteiger partial charge on any atom is 0.194 e. The van der Waals surface area contributed by atoms with E-state index in [0.717, 1.165) is 55.7 Å². The van der Waals surface area contributed by atoms with E-state index < -0.39 is 0 Å². The van der Waals surface area contributed by atoms with Crippen molar-refractivity contribution in [2.45, 2.75) is 65.5 Å². The van der Waals surface area contributed by atoms with Crippen LogP contribution in [0.15, 0.2) is 10.4 Å².